The Morgan fingerprint density at radius 2 is 2.09 bits per heavy atom. The quantitative estimate of drug-likeness (QED) is 0.786. The van der Waals surface area contributed by atoms with Crippen LogP contribution in [-0.2, 0) is 6.54 Å². The summed E-state index contributed by atoms with van der Waals surface area (Å²) in [4.78, 5) is 16.8. The van der Waals surface area contributed by atoms with Gasteiger partial charge in [-0.15, -0.1) is 0 Å². The molecule has 1 fully saturated rings. The van der Waals surface area contributed by atoms with Gasteiger partial charge < -0.3 is 18.6 Å². The summed E-state index contributed by atoms with van der Waals surface area (Å²) in [5.41, 5.74) is 0.576. The largest absolute Gasteiger partial charge is 0.472 e. The van der Waals surface area contributed by atoms with Crippen molar-refractivity contribution in [1.82, 2.24) is 9.80 Å². The van der Waals surface area contributed by atoms with E-state index >= 15 is 0 Å². The van der Waals surface area contributed by atoms with E-state index in [0.717, 1.165) is 25.4 Å². The third kappa shape index (κ3) is 3.81. The minimum atomic E-state index is -0.0273. The molecule has 0 spiro atoms. The van der Waals surface area contributed by atoms with E-state index < -0.39 is 0 Å². The molecule has 3 rings (SSSR count). The number of amides is 1. The molecule has 0 unspecified atom stereocenters. The zero-order valence-electron chi connectivity index (χ0n) is 12.3. The number of likely N-dealkylation sites (tertiary alicyclic amines) is 1. The Bertz CT molecular complexity index is 603. The highest BCUT2D eigenvalue weighted by atomic mass is 79.9. The summed E-state index contributed by atoms with van der Waals surface area (Å²) >= 11 is 3.30. The number of carbonyl (C=O) groups is 1. The van der Waals surface area contributed by atoms with Gasteiger partial charge in [0.2, 0.25) is 0 Å². The number of hydrogen-bond donors (Lipinski definition) is 0. The lowest BCUT2D eigenvalue weighted by molar-refractivity contribution is 0.0713. The number of rotatable bonds is 6. The highest BCUT2D eigenvalue weighted by molar-refractivity contribution is 9.10. The van der Waals surface area contributed by atoms with Crippen LogP contribution in [-0.4, -0.2) is 41.9 Å². The second-order valence-electron chi connectivity index (χ2n) is 5.49. The molecule has 2 aromatic rings. The van der Waals surface area contributed by atoms with Crippen molar-refractivity contribution in [3.8, 4) is 0 Å². The van der Waals surface area contributed by atoms with Crippen LogP contribution in [0.1, 0.15) is 29.0 Å². The molecule has 5 nitrogen and oxygen atoms in total. The van der Waals surface area contributed by atoms with Gasteiger partial charge in [-0.05, 0) is 60.1 Å². The van der Waals surface area contributed by atoms with Gasteiger partial charge in [0.05, 0.1) is 18.4 Å². The van der Waals surface area contributed by atoms with Crippen LogP contribution >= 0.6 is 15.9 Å². The van der Waals surface area contributed by atoms with E-state index in [9.17, 15) is 4.79 Å². The normalized spacial score (nSPS) is 15.3. The lowest BCUT2D eigenvalue weighted by atomic mass is 10.2. The van der Waals surface area contributed by atoms with Gasteiger partial charge in [-0.3, -0.25) is 4.79 Å². The first-order valence-corrected chi connectivity index (χ1v) is 8.30. The molecule has 1 saturated heterocycles. The van der Waals surface area contributed by atoms with Crippen molar-refractivity contribution in [2.24, 2.45) is 0 Å². The fraction of sp³-hybridized carbons (Fsp3) is 0.438. The first kappa shape index (κ1) is 15.4. The van der Waals surface area contributed by atoms with Gasteiger partial charge in [0.1, 0.15) is 12.0 Å². The van der Waals surface area contributed by atoms with Crippen molar-refractivity contribution < 1.29 is 13.6 Å². The zero-order valence-corrected chi connectivity index (χ0v) is 13.9. The SMILES string of the molecule is O=C(c1ccoc1)N(CCN1CCCC1)Cc1ccc(Br)o1. The van der Waals surface area contributed by atoms with Gasteiger partial charge in [0.15, 0.2) is 4.67 Å². The Morgan fingerprint density at radius 3 is 2.73 bits per heavy atom. The highest BCUT2D eigenvalue weighted by Crippen LogP contribution is 2.17. The summed E-state index contributed by atoms with van der Waals surface area (Å²) < 4.78 is 11.2. The number of carbonyl (C=O) groups excluding carboxylic acids is 1. The van der Waals surface area contributed by atoms with Crippen molar-refractivity contribution >= 4 is 21.8 Å². The number of halogens is 1. The Balaban J connectivity index is 1.67. The van der Waals surface area contributed by atoms with E-state index in [1.54, 1.807) is 6.07 Å². The maximum atomic E-state index is 12.6. The van der Waals surface area contributed by atoms with Crippen molar-refractivity contribution in [3.05, 3.63) is 46.7 Å². The van der Waals surface area contributed by atoms with E-state index in [1.165, 1.54) is 25.4 Å². The van der Waals surface area contributed by atoms with Gasteiger partial charge in [-0.25, -0.2) is 0 Å². The van der Waals surface area contributed by atoms with E-state index in [2.05, 4.69) is 20.8 Å². The fourth-order valence-corrected chi connectivity index (χ4v) is 3.05. The van der Waals surface area contributed by atoms with Crippen LogP contribution in [0.25, 0.3) is 0 Å². The van der Waals surface area contributed by atoms with Gasteiger partial charge in [0.25, 0.3) is 5.91 Å². The van der Waals surface area contributed by atoms with Gasteiger partial charge in [0, 0.05) is 13.1 Å². The van der Waals surface area contributed by atoms with Crippen LogP contribution in [0.5, 0.6) is 0 Å². The molecule has 1 amide bonds. The average molecular weight is 367 g/mol. The van der Waals surface area contributed by atoms with Crippen molar-refractivity contribution in [3.63, 3.8) is 0 Å². The maximum absolute atomic E-state index is 12.6. The van der Waals surface area contributed by atoms with Crippen LogP contribution in [0.4, 0.5) is 0 Å². The number of furan rings is 2. The van der Waals surface area contributed by atoms with Crippen LogP contribution in [0, 0.1) is 0 Å². The van der Waals surface area contributed by atoms with E-state index in [4.69, 9.17) is 8.83 Å². The molecule has 0 N–H and O–H groups in total. The minimum absolute atomic E-state index is 0.0273. The molecule has 0 bridgehead atoms. The standard InChI is InChI=1S/C16H19BrN2O3/c17-15-4-3-14(22-15)11-19(9-8-18-6-1-2-7-18)16(20)13-5-10-21-12-13/h3-5,10,12H,1-2,6-9,11H2. The molecule has 0 atom stereocenters. The van der Waals surface area contributed by atoms with Crippen LogP contribution in [0.2, 0.25) is 0 Å². The van der Waals surface area contributed by atoms with E-state index in [1.807, 2.05) is 17.0 Å². The summed E-state index contributed by atoms with van der Waals surface area (Å²) in [5.74, 6) is 0.741. The molecule has 0 saturated carbocycles. The summed E-state index contributed by atoms with van der Waals surface area (Å²) in [6.45, 7) is 4.29. The van der Waals surface area contributed by atoms with Crippen LogP contribution in [0.15, 0.2) is 44.2 Å². The molecule has 6 heteroatoms. The zero-order chi connectivity index (χ0) is 15.4. The molecule has 22 heavy (non-hydrogen) atoms. The molecule has 1 aliphatic rings. The van der Waals surface area contributed by atoms with Crippen molar-refractivity contribution in [2.75, 3.05) is 26.2 Å². The molecule has 1 aliphatic heterocycles. The fourth-order valence-electron chi connectivity index (χ4n) is 2.71. The first-order valence-electron chi connectivity index (χ1n) is 7.50. The molecule has 3 heterocycles. The molecule has 0 radical (unpaired) electrons. The smallest absolute Gasteiger partial charge is 0.257 e. The molecule has 0 aliphatic carbocycles. The van der Waals surface area contributed by atoms with Gasteiger partial charge in [-0.1, -0.05) is 0 Å². The third-order valence-electron chi connectivity index (χ3n) is 3.92. The second kappa shape index (κ2) is 7.15. The van der Waals surface area contributed by atoms with Crippen LogP contribution in [0.3, 0.4) is 0 Å². The Hall–Kier alpha value is -1.53. The Labute approximate surface area is 138 Å². The Morgan fingerprint density at radius 1 is 1.27 bits per heavy atom. The summed E-state index contributed by atoms with van der Waals surface area (Å²) in [7, 11) is 0. The van der Waals surface area contributed by atoms with Crippen LogP contribution < -0.4 is 0 Å². The molecule has 118 valence electrons. The highest BCUT2D eigenvalue weighted by Gasteiger charge is 2.20. The Kier molecular flexibility index (Phi) is 5.00. The van der Waals surface area contributed by atoms with Gasteiger partial charge in [-0.2, -0.15) is 0 Å². The third-order valence-corrected chi connectivity index (χ3v) is 4.34. The molecular formula is C16H19BrN2O3. The van der Waals surface area contributed by atoms with Gasteiger partial charge >= 0.3 is 0 Å². The van der Waals surface area contributed by atoms with Crippen molar-refractivity contribution in [1.29, 1.82) is 0 Å². The monoisotopic (exact) mass is 366 g/mol. The maximum Gasteiger partial charge on any atom is 0.257 e. The topological polar surface area (TPSA) is 49.8 Å². The summed E-state index contributed by atoms with van der Waals surface area (Å²) in [6, 6.07) is 5.43. The first-order chi connectivity index (χ1) is 10.7. The lowest BCUT2D eigenvalue weighted by Crippen LogP contribution is -2.37. The molecular weight excluding hydrogens is 348 g/mol. The number of hydrogen-bond acceptors (Lipinski definition) is 4. The van der Waals surface area contributed by atoms with E-state index in [-0.39, 0.29) is 5.91 Å². The summed E-state index contributed by atoms with van der Waals surface area (Å²) in [5, 5.41) is 0. The minimum Gasteiger partial charge on any atom is -0.472 e. The average Bonchev–Trinajstić information content (AvgIpc) is 3.25. The van der Waals surface area contributed by atoms with E-state index in [0.29, 0.717) is 23.3 Å². The predicted octanol–water partition coefficient (Wildman–Crippen LogP) is 3.37. The molecule has 0 aromatic carbocycles. The second-order valence-corrected chi connectivity index (χ2v) is 6.27. The predicted molar refractivity (Wildman–Crippen MR) is 85.5 cm³/mol. The number of nitrogens with zero attached hydrogens (tertiary/aromatic N) is 2. The van der Waals surface area contributed by atoms with Crippen molar-refractivity contribution in [2.45, 2.75) is 19.4 Å². The molecule has 2 aromatic heterocycles. The summed E-state index contributed by atoms with van der Waals surface area (Å²) in [6.07, 6.45) is 5.51. The lowest BCUT2D eigenvalue weighted by Gasteiger charge is -2.24.